The van der Waals surface area contributed by atoms with Gasteiger partial charge in [0.05, 0.1) is 25.5 Å². The molecule has 0 aliphatic carbocycles. The average molecular weight is 339 g/mol. The van der Waals surface area contributed by atoms with Gasteiger partial charge in [-0.2, -0.15) is 0 Å². The van der Waals surface area contributed by atoms with E-state index in [1.807, 2.05) is 0 Å². The van der Waals surface area contributed by atoms with Crippen LogP contribution in [0, 0.1) is 5.82 Å². The van der Waals surface area contributed by atoms with E-state index in [4.69, 9.17) is 16.3 Å². The van der Waals surface area contributed by atoms with Gasteiger partial charge in [-0.15, -0.1) is 0 Å². The van der Waals surface area contributed by atoms with Crippen molar-refractivity contribution in [3.8, 4) is 0 Å². The number of ether oxygens (including phenoxy) is 1. The van der Waals surface area contributed by atoms with Gasteiger partial charge in [0.1, 0.15) is 5.82 Å². The predicted octanol–water partition coefficient (Wildman–Crippen LogP) is 1.58. The molecule has 0 radical (unpaired) electrons. The Kier molecular flexibility index (Phi) is 3.35. The minimum atomic E-state index is -0.626. The number of halogens is 2. The third-order valence-electron chi connectivity index (χ3n) is 5.08. The molecule has 0 unspecified atom stereocenters. The highest BCUT2D eigenvalue weighted by Gasteiger charge is 2.62. The second-order valence-corrected chi connectivity index (χ2v) is 6.62. The normalized spacial score (nSPS) is 29.1. The molecule has 0 bridgehead atoms. The lowest BCUT2D eigenvalue weighted by Gasteiger charge is -2.31. The van der Waals surface area contributed by atoms with E-state index >= 15 is 0 Å². The molecule has 1 aromatic carbocycles. The molecule has 0 N–H and O–H groups in total. The molecule has 23 heavy (non-hydrogen) atoms. The fraction of sp³-hybridized carbons (Fsp3) is 0.500. The zero-order valence-corrected chi connectivity index (χ0v) is 13.2. The van der Waals surface area contributed by atoms with Crippen molar-refractivity contribution < 1.29 is 18.7 Å². The Morgan fingerprint density at radius 3 is 3.04 bits per heavy atom. The van der Waals surface area contributed by atoms with E-state index in [1.165, 1.54) is 18.2 Å². The van der Waals surface area contributed by atoms with Gasteiger partial charge in [-0.1, -0.05) is 17.7 Å². The van der Waals surface area contributed by atoms with E-state index < -0.39 is 11.5 Å². The van der Waals surface area contributed by atoms with Gasteiger partial charge in [0, 0.05) is 24.5 Å². The number of carbonyl (C=O) groups excluding carboxylic acids is 2. The number of nitrogens with zero attached hydrogens (tertiary/aromatic N) is 2. The van der Waals surface area contributed by atoms with E-state index in [0.29, 0.717) is 38.1 Å². The van der Waals surface area contributed by atoms with Crippen molar-refractivity contribution in [3.05, 3.63) is 34.6 Å². The molecule has 2 atom stereocenters. The van der Waals surface area contributed by atoms with Crippen LogP contribution in [0.4, 0.5) is 4.39 Å². The molecular formula is C16H16ClFN2O3. The van der Waals surface area contributed by atoms with Crippen molar-refractivity contribution in [3.63, 3.8) is 0 Å². The third kappa shape index (κ3) is 2.16. The highest BCUT2D eigenvalue weighted by molar-refractivity contribution is 6.31. The largest absolute Gasteiger partial charge is 0.351 e. The standard InChI is InChI=1S/C16H16ClFN2O3/c17-12-8-11(18)2-1-10(12)7-14(21)19-4-3-16-13(19)9-15(22)20(16)5-6-23-16/h1-2,8,13H,3-7,9H2/t13-,16+/m1/s1. The first-order valence-corrected chi connectivity index (χ1v) is 8.07. The van der Waals surface area contributed by atoms with Gasteiger partial charge in [0.25, 0.3) is 0 Å². The van der Waals surface area contributed by atoms with Crippen molar-refractivity contribution in [2.75, 3.05) is 19.7 Å². The molecule has 1 spiro atoms. The zero-order valence-electron chi connectivity index (χ0n) is 12.4. The van der Waals surface area contributed by atoms with Gasteiger partial charge in [-0.3, -0.25) is 9.59 Å². The summed E-state index contributed by atoms with van der Waals surface area (Å²) in [6.07, 6.45) is 1.05. The Balaban J connectivity index is 1.55. The molecule has 2 amide bonds. The fourth-order valence-electron chi connectivity index (χ4n) is 4.02. The molecule has 3 fully saturated rings. The minimum absolute atomic E-state index is 0.0461. The Morgan fingerprint density at radius 1 is 1.43 bits per heavy atom. The average Bonchev–Trinajstić information content (AvgIpc) is 3.13. The van der Waals surface area contributed by atoms with Crippen LogP contribution >= 0.6 is 11.6 Å². The van der Waals surface area contributed by atoms with E-state index in [9.17, 15) is 14.0 Å². The third-order valence-corrected chi connectivity index (χ3v) is 5.43. The van der Waals surface area contributed by atoms with Crippen molar-refractivity contribution in [1.82, 2.24) is 9.80 Å². The molecule has 3 heterocycles. The minimum Gasteiger partial charge on any atom is -0.351 e. The number of amides is 2. The van der Waals surface area contributed by atoms with Gasteiger partial charge < -0.3 is 14.5 Å². The van der Waals surface area contributed by atoms with Crippen LogP contribution in [0.15, 0.2) is 18.2 Å². The van der Waals surface area contributed by atoms with Crippen LogP contribution in [0.3, 0.4) is 0 Å². The lowest BCUT2D eigenvalue weighted by molar-refractivity contribution is -0.139. The summed E-state index contributed by atoms with van der Waals surface area (Å²) in [5.74, 6) is -0.488. The molecule has 7 heteroatoms. The van der Waals surface area contributed by atoms with Gasteiger partial charge in [0.2, 0.25) is 11.8 Å². The maximum atomic E-state index is 13.1. The lowest BCUT2D eigenvalue weighted by atomic mass is 10.1. The van der Waals surface area contributed by atoms with Crippen molar-refractivity contribution in [2.24, 2.45) is 0 Å². The maximum absolute atomic E-state index is 13.1. The van der Waals surface area contributed by atoms with Crippen LogP contribution < -0.4 is 0 Å². The summed E-state index contributed by atoms with van der Waals surface area (Å²) in [5.41, 5.74) is -0.0353. The summed E-state index contributed by atoms with van der Waals surface area (Å²) in [5, 5.41) is 0.244. The number of carbonyl (C=O) groups is 2. The van der Waals surface area contributed by atoms with Crippen molar-refractivity contribution >= 4 is 23.4 Å². The van der Waals surface area contributed by atoms with Crippen molar-refractivity contribution in [2.45, 2.75) is 31.0 Å². The molecule has 0 aromatic heterocycles. The summed E-state index contributed by atoms with van der Waals surface area (Å²) in [7, 11) is 0. The van der Waals surface area contributed by atoms with E-state index in [-0.39, 0.29) is 29.3 Å². The number of rotatable bonds is 2. The summed E-state index contributed by atoms with van der Waals surface area (Å²) >= 11 is 6.00. The summed E-state index contributed by atoms with van der Waals surface area (Å²) < 4.78 is 19.0. The molecule has 5 nitrogen and oxygen atoms in total. The molecule has 3 saturated heterocycles. The summed E-state index contributed by atoms with van der Waals surface area (Å²) in [4.78, 5) is 28.3. The zero-order chi connectivity index (χ0) is 16.2. The first-order valence-electron chi connectivity index (χ1n) is 7.69. The molecule has 3 aliphatic heterocycles. The number of hydrogen-bond donors (Lipinski definition) is 0. The van der Waals surface area contributed by atoms with Gasteiger partial charge in [-0.25, -0.2) is 4.39 Å². The second-order valence-electron chi connectivity index (χ2n) is 6.21. The SMILES string of the molecule is O=C(Cc1ccc(F)cc1Cl)N1CC[C@@]23OCCN2C(=O)C[C@@H]13. The topological polar surface area (TPSA) is 49.9 Å². The first kappa shape index (κ1) is 14.9. The van der Waals surface area contributed by atoms with Gasteiger partial charge >= 0.3 is 0 Å². The highest BCUT2D eigenvalue weighted by atomic mass is 35.5. The summed E-state index contributed by atoms with van der Waals surface area (Å²) in [6.45, 7) is 1.68. The molecular weight excluding hydrogens is 323 g/mol. The Labute approximate surface area is 137 Å². The fourth-order valence-corrected chi connectivity index (χ4v) is 4.25. The quantitative estimate of drug-likeness (QED) is 0.822. The second kappa shape index (κ2) is 5.18. The van der Waals surface area contributed by atoms with Crippen molar-refractivity contribution in [1.29, 1.82) is 0 Å². The van der Waals surface area contributed by atoms with Crippen LogP contribution in [0.2, 0.25) is 5.02 Å². The summed E-state index contributed by atoms with van der Waals surface area (Å²) in [6, 6.07) is 3.79. The molecule has 122 valence electrons. The monoisotopic (exact) mass is 338 g/mol. The lowest BCUT2D eigenvalue weighted by Crippen LogP contribution is -2.49. The molecule has 3 aliphatic rings. The number of hydrogen-bond acceptors (Lipinski definition) is 3. The molecule has 4 rings (SSSR count). The molecule has 0 saturated carbocycles. The highest BCUT2D eigenvalue weighted by Crippen LogP contribution is 2.45. The molecule has 1 aromatic rings. The Hall–Kier alpha value is -1.66. The van der Waals surface area contributed by atoms with E-state index in [0.717, 1.165) is 0 Å². The number of likely N-dealkylation sites (tertiary alicyclic amines) is 1. The predicted molar refractivity (Wildman–Crippen MR) is 80.2 cm³/mol. The Morgan fingerprint density at radius 2 is 2.26 bits per heavy atom. The van der Waals surface area contributed by atoms with E-state index in [2.05, 4.69) is 0 Å². The van der Waals surface area contributed by atoms with Crippen LogP contribution in [0.25, 0.3) is 0 Å². The van der Waals surface area contributed by atoms with E-state index in [1.54, 1.807) is 9.80 Å². The smallest absolute Gasteiger partial charge is 0.227 e. The van der Waals surface area contributed by atoms with Crippen LogP contribution in [0.1, 0.15) is 18.4 Å². The number of benzene rings is 1. The first-order chi connectivity index (χ1) is 11.0. The van der Waals surface area contributed by atoms with Gasteiger partial charge in [0.15, 0.2) is 5.72 Å². The van der Waals surface area contributed by atoms with Gasteiger partial charge in [-0.05, 0) is 17.7 Å². The van der Waals surface area contributed by atoms with Crippen LogP contribution in [0.5, 0.6) is 0 Å². The van der Waals surface area contributed by atoms with Crippen LogP contribution in [-0.2, 0) is 20.7 Å². The van der Waals surface area contributed by atoms with Crippen LogP contribution in [-0.4, -0.2) is 53.1 Å². The maximum Gasteiger partial charge on any atom is 0.227 e. The Bertz CT molecular complexity index is 698.